The van der Waals surface area contributed by atoms with Crippen LogP contribution in [-0.2, 0) is 12.8 Å². The molecule has 0 aliphatic carbocycles. The van der Waals surface area contributed by atoms with Gasteiger partial charge in [-0.25, -0.2) is 0 Å². The van der Waals surface area contributed by atoms with Crippen molar-refractivity contribution in [3.8, 4) is 0 Å². The quantitative estimate of drug-likeness (QED) is 0.240. The number of carbonyl (C=O) groups excluding carboxylic acids is 1. The number of furan rings is 1. The van der Waals surface area contributed by atoms with Crippen molar-refractivity contribution in [2.24, 2.45) is 4.99 Å². The van der Waals surface area contributed by atoms with E-state index in [-0.39, 0.29) is 29.9 Å². The molecule has 0 radical (unpaired) electrons. The van der Waals surface area contributed by atoms with Crippen LogP contribution in [0.25, 0.3) is 0 Å². The summed E-state index contributed by atoms with van der Waals surface area (Å²) in [4.78, 5) is 19.2. The smallest absolute Gasteiger partial charge is 0.251 e. The van der Waals surface area contributed by atoms with Gasteiger partial charge in [0.1, 0.15) is 5.76 Å². The summed E-state index contributed by atoms with van der Waals surface area (Å²) in [5.74, 6) is 1.73. The molecule has 1 atom stereocenters. The summed E-state index contributed by atoms with van der Waals surface area (Å²) in [5.41, 5.74) is 1.81. The number of carbonyl (C=O) groups is 1. The molecule has 1 aliphatic heterocycles. The van der Waals surface area contributed by atoms with Crippen LogP contribution >= 0.6 is 24.0 Å². The summed E-state index contributed by atoms with van der Waals surface area (Å²) in [6, 6.07) is 12.2. The van der Waals surface area contributed by atoms with Gasteiger partial charge in [-0.3, -0.25) is 14.7 Å². The van der Waals surface area contributed by atoms with Gasteiger partial charge in [-0.1, -0.05) is 19.1 Å². The Labute approximate surface area is 208 Å². The van der Waals surface area contributed by atoms with E-state index >= 15 is 0 Å². The molecule has 2 heterocycles. The Morgan fingerprint density at radius 1 is 1.19 bits per heavy atom. The van der Waals surface area contributed by atoms with E-state index in [9.17, 15) is 4.79 Å². The molecule has 7 nitrogen and oxygen atoms in total. The first-order valence-corrected chi connectivity index (χ1v) is 11.3. The molecule has 1 aromatic heterocycles. The van der Waals surface area contributed by atoms with Crippen molar-refractivity contribution in [3.05, 3.63) is 59.5 Å². The van der Waals surface area contributed by atoms with Crippen LogP contribution in [0.15, 0.2) is 52.1 Å². The molecule has 3 N–H and O–H groups in total. The maximum absolute atomic E-state index is 11.9. The molecule has 1 aromatic carbocycles. The molecule has 32 heavy (non-hydrogen) atoms. The number of halogens is 1. The summed E-state index contributed by atoms with van der Waals surface area (Å²) >= 11 is 0. The minimum absolute atomic E-state index is 0. The molecule has 3 rings (SSSR count). The standard InChI is InChI=1S/C24H35N5O2.HI/c1-3-29-15-5-9-21(29)18-28-24(27-14-12-22-10-6-16-31-22)26-13-11-19-7-4-8-20(17-19)23(30)25-2;/h4,6-8,10,16-17,21H,3,5,9,11-15,18H2,1-2H3,(H,25,30)(H2,26,27,28);1H. The van der Waals surface area contributed by atoms with Crippen molar-refractivity contribution in [2.45, 2.75) is 38.6 Å². The average Bonchev–Trinajstić information content (AvgIpc) is 3.48. The van der Waals surface area contributed by atoms with Crippen LogP contribution in [0.2, 0.25) is 0 Å². The number of nitrogens with one attached hydrogen (secondary N) is 3. The first-order chi connectivity index (χ1) is 15.2. The second kappa shape index (κ2) is 14.2. The second-order valence-electron chi connectivity index (χ2n) is 7.83. The highest BCUT2D eigenvalue weighted by atomic mass is 127. The molecule has 0 saturated carbocycles. The van der Waals surface area contributed by atoms with Crippen LogP contribution in [0, 0.1) is 0 Å². The van der Waals surface area contributed by atoms with Gasteiger partial charge in [0.15, 0.2) is 5.96 Å². The number of likely N-dealkylation sites (N-methyl/N-ethyl adjacent to an activating group) is 1. The molecule has 1 fully saturated rings. The van der Waals surface area contributed by atoms with E-state index in [4.69, 9.17) is 9.41 Å². The zero-order chi connectivity index (χ0) is 21.9. The number of likely N-dealkylation sites (tertiary alicyclic amines) is 1. The van der Waals surface area contributed by atoms with Crippen LogP contribution in [0.4, 0.5) is 0 Å². The van der Waals surface area contributed by atoms with Gasteiger partial charge in [-0.05, 0) is 62.2 Å². The third-order valence-corrected chi connectivity index (χ3v) is 5.73. The molecule has 1 amide bonds. The largest absolute Gasteiger partial charge is 0.469 e. The Balaban J connectivity index is 0.00000363. The van der Waals surface area contributed by atoms with E-state index in [1.807, 2.05) is 36.4 Å². The van der Waals surface area contributed by atoms with Crippen LogP contribution in [0.5, 0.6) is 0 Å². The highest BCUT2D eigenvalue weighted by Gasteiger charge is 2.22. The summed E-state index contributed by atoms with van der Waals surface area (Å²) in [6.07, 6.45) is 5.79. The molecular formula is C24H36IN5O2. The Hall–Kier alpha value is -2.07. The van der Waals surface area contributed by atoms with Gasteiger partial charge in [0.2, 0.25) is 0 Å². The molecule has 1 aliphatic rings. The second-order valence-corrected chi connectivity index (χ2v) is 7.83. The Morgan fingerprint density at radius 3 is 2.72 bits per heavy atom. The molecule has 1 unspecified atom stereocenters. The molecule has 8 heteroatoms. The van der Waals surface area contributed by atoms with Crippen molar-refractivity contribution < 1.29 is 9.21 Å². The van der Waals surface area contributed by atoms with E-state index in [0.29, 0.717) is 11.6 Å². The maximum atomic E-state index is 11.9. The number of rotatable bonds is 10. The third-order valence-electron chi connectivity index (χ3n) is 5.73. The maximum Gasteiger partial charge on any atom is 0.251 e. The van der Waals surface area contributed by atoms with Gasteiger partial charge in [0.05, 0.1) is 12.8 Å². The number of hydrogen-bond donors (Lipinski definition) is 3. The van der Waals surface area contributed by atoms with Crippen molar-refractivity contribution in [1.29, 1.82) is 0 Å². The number of guanidine groups is 1. The summed E-state index contributed by atoms with van der Waals surface area (Å²) in [7, 11) is 1.65. The Morgan fingerprint density at radius 2 is 2.00 bits per heavy atom. The molecule has 1 saturated heterocycles. The number of aliphatic imine (C=N–C) groups is 1. The molecule has 0 spiro atoms. The lowest BCUT2D eigenvalue weighted by molar-refractivity contribution is 0.0963. The minimum Gasteiger partial charge on any atom is -0.469 e. The van der Waals surface area contributed by atoms with Crippen molar-refractivity contribution in [2.75, 3.05) is 39.8 Å². The fraction of sp³-hybridized carbons (Fsp3) is 0.500. The summed E-state index contributed by atoms with van der Waals surface area (Å²) in [6.45, 7) is 6.77. The summed E-state index contributed by atoms with van der Waals surface area (Å²) < 4.78 is 5.42. The molecule has 2 aromatic rings. The van der Waals surface area contributed by atoms with Crippen LogP contribution in [-0.4, -0.2) is 62.6 Å². The first-order valence-electron chi connectivity index (χ1n) is 11.3. The van der Waals surface area contributed by atoms with Gasteiger partial charge in [0, 0.05) is 38.2 Å². The highest BCUT2D eigenvalue weighted by molar-refractivity contribution is 14.0. The van der Waals surface area contributed by atoms with E-state index in [2.05, 4.69) is 27.8 Å². The normalized spacial score (nSPS) is 16.4. The summed E-state index contributed by atoms with van der Waals surface area (Å²) in [5, 5.41) is 9.57. The van der Waals surface area contributed by atoms with Crippen molar-refractivity contribution in [3.63, 3.8) is 0 Å². The number of benzene rings is 1. The predicted molar refractivity (Wildman–Crippen MR) is 140 cm³/mol. The van der Waals surface area contributed by atoms with Crippen LogP contribution in [0.3, 0.4) is 0 Å². The molecule has 0 bridgehead atoms. The lowest BCUT2D eigenvalue weighted by Gasteiger charge is -2.21. The monoisotopic (exact) mass is 553 g/mol. The Kier molecular flexibility index (Phi) is 11.6. The van der Waals surface area contributed by atoms with Gasteiger partial charge in [0.25, 0.3) is 5.91 Å². The van der Waals surface area contributed by atoms with E-state index in [1.54, 1.807) is 13.3 Å². The SMILES string of the molecule is CCN1CCCC1CN=C(NCCc1cccc(C(=O)NC)c1)NCCc1ccco1.I. The number of amides is 1. The molecular weight excluding hydrogens is 517 g/mol. The lowest BCUT2D eigenvalue weighted by Crippen LogP contribution is -2.41. The average molecular weight is 553 g/mol. The van der Waals surface area contributed by atoms with Gasteiger partial charge >= 0.3 is 0 Å². The first kappa shape index (κ1) is 26.2. The van der Waals surface area contributed by atoms with Gasteiger partial charge in [-0.2, -0.15) is 0 Å². The van der Waals surface area contributed by atoms with Crippen LogP contribution < -0.4 is 16.0 Å². The van der Waals surface area contributed by atoms with E-state index < -0.39 is 0 Å². The fourth-order valence-electron chi connectivity index (χ4n) is 3.99. The predicted octanol–water partition coefficient (Wildman–Crippen LogP) is 3.06. The highest BCUT2D eigenvalue weighted by Crippen LogP contribution is 2.16. The topological polar surface area (TPSA) is 81.9 Å². The van der Waals surface area contributed by atoms with E-state index in [0.717, 1.165) is 56.3 Å². The lowest BCUT2D eigenvalue weighted by atomic mass is 10.1. The zero-order valence-electron chi connectivity index (χ0n) is 19.1. The number of nitrogens with zero attached hydrogens (tertiary/aromatic N) is 2. The van der Waals surface area contributed by atoms with Gasteiger partial charge in [-0.15, -0.1) is 24.0 Å². The third kappa shape index (κ3) is 8.12. The zero-order valence-corrected chi connectivity index (χ0v) is 21.4. The Bertz CT molecular complexity index is 841. The number of hydrogen-bond acceptors (Lipinski definition) is 4. The minimum atomic E-state index is -0.0614. The van der Waals surface area contributed by atoms with Crippen molar-refractivity contribution in [1.82, 2.24) is 20.9 Å². The van der Waals surface area contributed by atoms with Gasteiger partial charge < -0.3 is 20.4 Å². The molecule has 176 valence electrons. The van der Waals surface area contributed by atoms with Crippen molar-refractivity contribution >= 4 is 35.8 Å². The van der Waals surface area contributed by atoms with Crippen LogP contribution in [0.1, 0.15) is 41.4 Å². The fourth-order valence-corrected chi connectivity index (χ4v) is 3.99. The van der Waals surface area contributed by atoms with E-state index in [1.165, 1.54) is 19.4 Å².